The number of piperazine rings is 1. The number of benzene rings is 1. The molecule has 0 aromatic heterocycles. The van der Waals surface area contributed by atoms with E-state index in [2.05, 4.69) is 76.2 Å². The molecule has 0 bridgehead atoms. The van der Waals surface area contributed by atoms with E-state index in [1.54, 1.807) is 0 Å². The molecule has 4 aliphatic heterocycles. The standard InChI is InChI=1S/C31H44N6O2S/c1-3-28(38)37-18-17-36(20-23(37)12-15-32)29-25-11-14-31(13-10-22-7-4-5-9-27(22)40-31)19-26(25)33-30(34-29)39-21-24-8-6-16-35(24)2/h3-5,7,9,23-26,29-30,33-34H,1,6,8,10-14,16-21H2,2H3/t23?,24?,25?,26?,29?,30?,31-/m0/s1. The Labute approximate surface area is 243 Å². The van der Waals surface area contributed by atoms with Crippen LogP contribution in [0.4, 0.5) is 0 Å². The van der Waals surface area contributed by atoms with Gasteiger partial charge in [-0.1, -0.05) is 24.8 Å². The topological polar surface area (TPSA) is 83.9 Å². The number of aryl methyl sites for hydroxylation is 1. The molecule has 1 amide bonds. The number of amides is 1. The maximum absolute atomic E-state index is 12.5. The zero-order valence-corrected chi connectivity index (χ0v) is 24.6. The lowest BCUT2D eigenvalue weighted by Gasteiger charge is -2.56. The Morgan fingerprint density at radius 2 is 2.10 bits per heavy atom. The number of ether oxygens (including phenoxy) is 1. The predicted molar refractivity (Wildman–Crippen MR) is 157 cm³/mol. The lowest BCUT2D eigenvalue weighted by molar-refractivity contribution is -0.135. The fraction of sp³-hybridized carbons (Fsp3) is 0.677. The van der Waals surface area contributed by atoms with Gasteiger partial charge in [0, 0.05) is 47.3 Å². The van der Waals surface area contributed by atoms with Crippen molar-refractivity contribution in [1.82, 2.24) is 25.3 Å². The van der Waals surface area contributed by atoms with Crippen molar-refractivity contribution in [3.05, 3.63) is 42.5 Å². The number of likely N-dealkylation sites (N-methyl/N-ethyl adjacent to an activating group) is 1. The lowest BCUT2D eigenvalue weighted by Crippen LogP contribution is -2.72. The van der Waals surface area contributed by atoms with Gasteiger partial charge in [-0.3, -0.25) is 20.3 Å². The molecule has 216 valence electrons. The zero-order chi connectivity index (χ0) is 27.7. The average molecular weight is 565 g/mol. The van der Waals surface area contributed by atoms with Crippen LogP contribution in [0.3, 0.4) is 0 Å². The van der Waals surface area contributed by atoms with E-state index in [-0.39, 0.29) is 29.2 Å². The summed E-state index contributed by atoms with van der Waals surface area (Å²) in [5, 5.41) is 17.3. The van der Waals surface area contributed by atoms with Gasteiger partial charge < -0.3 is 14.5 Å². The van der Waals surface area contributed by atoms with Crippen molar-refractivity contribution in [2.24, 2.45) is 5.92 Å². The second-order valence-electron chi connectivity index (χ2n) is 12.4. The van der Waals surface area contributed by atoms with Gasteiger partial charge in [-0.05, 0) is 76.2 Å². The molecule has 8 nitrogen and oxygen atoms in total. The Bertz CT molecular complexity index is 1130. The van der Waals surface area contributed by atoms with E-state index in [1.165, 1.54) is 42.2 Å². The summed E-state index contributed by atoms with van der Waals surface area (Å²) < 4.78 is 6.83. The van der Waals surface area contributed by atoms with Crippen LogP contribution >= 0.6 is 11.8 Å². The van der Waals surface area contributed by atoms with Gasteiger partial charge in [0.2, 0.25) is 5.91 Å². The first-order valence-corrected chi connectivity index (χ1v) is 16.0. The number of likely N-dealkylation sites (tertiary alicyclic amines) is 1. The van der Waals surface area contributed by atoms with Crippen molar-refractivity contribution in [1.29, 1.82) is 5.26 Å². The SMILES string of the molecule is C=CC(=O)N1CCN(C2NC(OCC3CCCN3C)NC3C[C@]4(CCc5ccccc5S4)CCC32)CC1CC#N. The summed E-state index contributed by atoms with van der Waals surface area (Å²) in [5.74, 6) is 0.369. The Morgan fingerprint density at radius 3 is 2.90 bits per heavy atom. The highest BCUT2D eigenvalue weighted by atomic mass is 32.2. The minimum absolute atomic E-state index is 0.0767. The molecule has 1 aromatic carbocycles. The third-order valence-corrected chi connectivity index (χ3v) is 11.7. The molecular formula is C31H44N6O2S. The highest BCUT2D eigenvalue weighted by Crippen LogP contribution is 2.53. The van der Waals surface area contributed by atoms with Crippen LogP contribution in [0.25, 0.3) is 0 Å². The summed E-state index contributed by atoms with van der Waals surface area (Å²) >= 11 is 2.11. The molecule has 40 heavy (non-hydrogen) atoms. The molecule has 3 saturated heterocycles. The van der Waals surface area contributed by atoms with Gasteiger partial charge in [0.25, 0.3) is 0 Å². The number of carbonyl (C=O) groups is 1. The normalized spacial score (nSPS) is 36.5. The summed E-state index contributed by atoms with van der Waals surface area (Å²) in [4.78, 5) is 20.7. The molecule has 6 rings (SSSR count). The number of nitrogens with zero attached hydrogens (tertiary/aromatic N) is 4. The minimum atomic E-state index is -0.210. The Kier molecular flexibility index (Phi) is 8.55. The van der Waals surface area contributed by atoms with E-state index in [0.717, 1.165) is 39.0 Å². The molecule has 4 heterocycles. The Morgan fingerprint density at radius 1 is 1.23 bits per heavy atom. The van der Waals surface area contributed by atoms with Gasteiger partial charge in [0.1, 0.15) is 0 Å². The fourth-order valence-corrected chi connectivity index (χ4v) is 9.43. The first-order valence-electron chi connectivity index (χ1n) is 15.1. The maximum Gasteiger partial charge on any atom is 0.246 e. The molecule has 1 aliphatic carbocycles. The van der Waals surface area contributed by atoms with Crippen molar-refractivity contribution < 1.29 is 9.53 Å². The van der Waals surface area contributed by atoms with E-state index in [9.17, 15) is 10.1 Å². The minimum Gasteiger partial charge on any atom is -0.348 e. The summed E-state index contributed by atoms with van der Waals surface area (Å²) in [5.41, 5.74) is 1.49. The summed E-state index contributed by atoms with van der Waals surface area (Å²) in [7, 11) is 2.20. The largest absolute Gasteiger partial charge is 0.348 e. The van der Waals surface area contributed by atoms with Crippen molar-refractivity contribution in [2.45, 2.75) is 91.7 Å². The second kappa shape index (κ2) is 12.1. The lowest BCUT2D eigenvalue weighted by atomic mass is 9.73. The number of hydrogen-bond acceptors (Lipinski definition) is 8. The van der Waals surface area contributed by atoms with E-state index in [4.69, 9.17) is 4.74 Å². The van der Waals surface area contributed by atoms with Crippen LogP contribution in [0.2, 0.25) is 0 Å². The van der Waals surface area contributed by atoms with Crippen LogP contribution < -0.4 is 10.6 Å². The number of rotatable bonds is 6. The van der Waals surface area contributed by atoms with Gasteiger partial charge in [-0.15, -0.1) is 11.8 Å². The number of thioether (sulfide) groups is 1. The van der Waals surface area contributed by atoms with Crippen LogP contribution in [0.15, 0.2) is 41.8 Å². The fourth-order valence-electron chi connectivity index (χ4n) is 7.83. The van der Waals surface area contributed by atoms with Gasteiger partial charge >= 0.3 is 0 Å². The first kappa shape index (κ1) is 28.2. The first-order chi connectivity index (χ1) is 19.5. The summed E-state index contributed by atoms with van der Waals surface area (Å²) in [6.07, 6.45) is 9.95. The van der Waals surface area contributed by atoms with E-state index < -0.39 is 0 Å². The molecule has 1 saturated carbocycles. The van der Waals surface area contributed by atoms with Gasteiger partial charge in [-0.2, -0.15) is 5.26 Å². The molecule has 9 heteroatoms. The highest BCUT2D eigenvalue weighted by molar-refractivity contribution is 8.00. The number of hydrogen-bond donors (Lipinski definition) is 2. The molecule has 4 fully saturated rings. The van der Waals surface area contributed by atoms with E-state index in [0.29, 0.717) is 37.5 Å². The molecule has 6 unspecified atom stereocenters. The zero-order valence-electron chi connectivity index (χ0n) is 23.8. The third kappa shape index (κ3) is 5.72. The quantitative estimate of drug-likeness (QED) is 0.510. The summed E-state index contributed by atoms with van der Waals surface area (Å²) in [6.45, 7) is 7.65. The van der Waals surface area contributed by atoms with Crippen LogP contribution in [0.1, 0.15) is 50.5 Å². The van der Waals surface area contributed by atoms with Crippen molar-refractivity contribution in [2.75, 3.05) is 39.8 Å². The Hall–Kier alpha value is -1.93. The van der Waals surface area contributed by atoms with Crippen LogP contribution in [-0.2, 0) is 16.0 Å². The van der Waals surface area contributed by atoms with Crippen molar-refractivity contribution in [3.63, 3.8) is 0 Å². The highest BCUT2D eigenvalue weighted by Gasteiger charge is 2.50. The molecular weight excluding hydrogens is 520 g/mol. The van der Waals surface area contributed by atoms with Crippen molar-refractivity contribution >= 4 is 17.7 Å². The molecule has 7 atom stereocenters. The second-order valence-corrected chi connectivity index (χ2v) is 13.9. The van der Waals surface area contributed by atoms with Crippen molar-refractivity contribution in [3.8, 4) is 6.07 Å². The van der Waals surface area contributed by atoms with Crippen LogP contribution in [0.5, 0.6) is 0 Å². The Balaban J connectivity index is 1.20. The third-order valence-electron chi connectivity index (χ3n) is 10.1. The molecule has 1 aromatic rings. The molecule has 1 spiro atoms. The predicted octanol–water partition coefficient (Wildman–Crippen LogP) is 3.16. The molecule has 0 radical (unpaired) electrons. The average Bonchev–Trinajstić information content (AvgIpc) is 3.39. The maximum atomic E-state index is 12.5. The number of nitrogens with one attached hydrogen (secondary N) is 2. The van der Waals surface area contributed by atoms with E-state index in [1.807, 2.05) is 4.90 Å². The number of nitriles is 1. The van der Waals surface area contributed by atoms with Gasteiger partial charge in [0.15, 0.2) is 6.35 Å². The number of fused-ring (bicyclic) bond motifs is 2. The van der Waals surface area contributed by atoms with Gasteiger partial charge in [-0.25, -0.2) is 0 Å². The molecule has 2 N–H and O–H groups in total. The smallest absolute Gasteiger partial charge is 0.246 e. The van der Waals surface area contributed by atoms with Crippen LogP contribution in [-0.4, -0.2) is 95.8 Å². The molecule has 5 aliphatic rings. The monoisotopic (exact) mass is 564 g/mol. The van der Waals surface area contributed by atoms with Gasteiger partial charge in [0.05, 0.1) is 31.3 Å². The number of carbonyl (C=O) groups excluding carboxylic acids is 1. The summed E-state index contributed by atoms with van der Waals surface area (Å²) in [6, 6.07) is 12.0. The van der Waals surface area contributed by atoms with Crippen LogP contribution in [0, 0.1) is 17.2 Å². The van der Waals surface area contributed by atoms with E-state index >= 15 is 0 Å².